The lowest BCUT2D eigenvalue weighted by Crippen LogP contribution is -2.54. The Morgan fingerprint density at radius 3 is 2.26 bits per heavy atom. The molecule has 6 nitrogen and oxygen atoms in total. The van der Waals surface area contributed by atoms with Crippen molar-refractivity contribution in [3.05, 3.63) is 18.2 Å². The third-order valence-corrected chi connectivity index (χ3v) is 6.76. The number of carbonyl (C=O) groups excluding carboxylic acids is 2. The predicted molar refractivity (Wildman–Crippen MR) is 99.7 cm³/mol. The molecule has 0 saturated heterocycles. The van der Waals surface area contributed by atoms with E-state index in [1.165, 1.54) is 19.3 Å². The van der Waals surface area contributed by atoms with E-state index in [1.807, 2.05) is 0 Å². The number of hydrogen-bond donors (Lipinski definition) is 2. The van der Waals surface area contributed by atoms with E-state index in [-0.39, 0.29) is 23.8 Å². The zero-order valence-corrected chi connectivity index (χ0v) is 15.5. The number of hydrogen-bond acceptors (Lipinski definition) is 4. The van der Waals surface area contributed by atoms with Gasteiger partial charge in [-0.3, -0.25) is 9.59 Å². The van der Waals surface area contributed by atoms with Crippen molar-refractivity contribution in [3.8, 4) is 11.5 Å². The van der Waals surface area contributed by atoms with Crippen LogP contribution in [0.25, 0.3) is 0 Å². The second-order valence-electron chi connectivity index (χ2n) is 8.79. The van der Waals surface area contributed by atoms with Crippen LogP contribution < -0.4 is 20.1 Å². The van der Waals surface area contributed by atoms with Gasteiger partial charge in [0.05, 0.1) is 6.54 Å². The summed E-state index contributed by atoms with van der Waals surface area (Å²) in [6.45, 7) is 1.05. The zero-order valence-electron chi connectivity index (χ0n) is 15.5. The second-order valence-corrected chi connectivity index (χ2v) is 8.79. The number of ether oxygens (including phenoxy) is 2. The molecule has 1 heterocycles. The number of nitrogens with one attached hydrogen (secondary N) is 2. The lowest BCUT2D eigenvalue weighted by atomic mass is 9.49. The summed E-state index contributed by atoms with van der Waals surface area (Å²) in [5, 5.41) is 5.75. The summed E-state index contributed by atoms with van der Waals surface area (Å²) in [5.41, 5.74) is 0.430. The molecule has 0 spiro atoms. The van der Waals surface area contributed by atoms with Gasteiger partial charge < -0.3 is 20.1 Å². The molecule has 0 unspecified atom stereocenters. The molecule has 2 N–H and O–H groups in total. The average molecular weight is 370 g/mol. The SMILES string of the molecule is O=C(CNC(=O)C12CC3CC(CC(C3)C1)C2)Nc1ccc2c(c1)OCCO2. The maximum atomic E-state index is 12.9. The first kappa shape index (κ1) is 16.9. The van der Waals surface area contributed by atoms with E-state index in [0.717, 1.165) is 19.3 Å². The van der Waals surface area contributed by atoms with Crippen LogP contribution in [0.2, 0.25) is 0 Å². The van der Waals surface area contributed by atoms with Crippen molar-refractivity contribution in [2.24, 2.45) is 23.2 Å². The van der Waals surface area contributed by atoms with Gasteiger partial charge in [-0.1, -0.05) is 0 Å². The van der Waals surface area contributed by atoms with Crippen LogP contribution in [0.1, 0.15) is 38.5 Å². The molecule has 4 saturated carbocycles. The third-order valence-electron chi connectivity index (χ3n) is 6.76. The van der Waals surface area contributed by atoms with Crippen LogP contribution in [-0.2, 0) is 9.59 Å². The fraction of sp³-hybridized carbons (Fsp3) is 0.619. The van der Waals surface area contributed by atoms with E-state index in [9.17, 15) is 9.59 Å². The highest BCUT2D eigenvalue weighted by atomic mass is 16.6. The lowest BCUT2D eigenvalue weighted by Gasteiger charge is -2.55. The molecule has 0 aromatic heterocycles. The Hall–Kier alpha value is -2.24. The van der Waals surface area contributed by atoms with Crippen molar-refractivity contribution in [2.75, 3.05) is 25.1 Å². The van der Waals surface area contributed by atoms with Gasteiger partial charge in [-0.2, -0.15) is 0 Å². The monoisotopic (exact) mass is 370 g/mol. The first-order chi connectivity index (χ1) is 13.1. The summed E-state index contributed by atoms with van der Waals surface area (Å²) >= 11 is 0. The Labute approximate surface area is 159 Å². The normalized spacial score (nSPS) is 32.8. The van der Waals surface area contributed by atoms with Crippen molar-refractivity contribution in [3.63, 3.8) is 0 Å². The van der Waals surface area contributed by atoms with Crippen molar-refractivity contribution < 1.29 is 19.1 Å². The van der Waals surface area contributed by atoms with E-state index in [4.69, 9.17) is 9.47 Å². The molecule has 27 heavy (non-hydrogen) atoms. The Morgan fingerprint density at radius 2 is 1.59 bits per heavy atom. The van der Waals surface area contributed by atoms with E-state index in [1.54, 1.807) is 18.2 Å². The van der Waals surface area contributed by atoms with E-state index in [2.05, 4.69) is 10.6 Å². The van der Waals surface area contributed by atoms with E-state index < -0.39 is 0 Å². The number of benzene rings is 1. The second kappa shape index (κ2) is 6.43. The fourth-order valence-electron chi connectivity index (χ4n) is 6.06. The van der Waals surface area contributed by atoms with Crippen LogP contribution in [0.4, 0.5) is 5.69 Å². The highest BCUT2D eigenvalue weighted by Crippen LogP contribution is 2.60. The van der Waals surface area contributed by atoms with E-state index in [0.29, 0.717) is 48.2 Å². The summed E-state index contributed by atoms with van der Waals surface area (Å²) in [7, 11) is 0. The molecule has 5 aliphatic rings. The molecular weight excluding hydrogens is 344 g/mol. The van der Waals surface area contributed by atoms with Crippen LogP contribution >= 0.6 is 0 Å². The lowest BCUT2D eigenvalue weighted by molar-refractivity contribution is -0.146. The van der Waals surface area contributed by atoms with Crippen molar-refractivity contribution >= 4 is 17.5 Å². The molecule has 4 fully saturated rings. The number of carbonyl (C=O) groups is 2. The molecule has 6 heteroatoms. The summed E-state index contributed by atoms with van der Waals surface area (Å²) in [6, 6.07) is 5.33. The number of anilines is 1. The van der Waals surface area contributed by atoms with Crippen LogP contribution in [0, 0.1) is 23.2 Å². The summed E-state index contributed by atoms with van der Waals surface area (Å²) in [5.74, 6) is 3.34. The minimum atomic E-state index is -0.218. The summed E-state index contributed by atoms with van der Waals surface area (Å²) in [6.07, 6.45) is 6.93. The first-order valence-corrected chi connectivity index (χ1v) is 10.1. The molecule has 144 valence electrons. The van der Waals surface area contributed by atoms with Gasteiger partial charge in [0.15, 0.2) is 11.5 Å². The van der Waals surface area contributed by atoms with Gasteiger partial charge in [0.2, 0.25) is 11.8 Å². The smallest absolute Gasteiger partial charge is 0.243 e. The maximum absolute atomic E-state index is 12.9. The molecular formula is C21H26N2O4. The van der Waals surface area contributed by atoms with Crippen molar-refractivity contribution in [2.45, 2.75) is 38.5 Å². The molecule has 6 rings (SSSR count). The zero-order chi connectivity index (χ0) is 18.4. The molecule has 4 bridgehead atoms. The molecule has 2 amide bonds. The van der Waals surface area contributed by atoms with Gasteiger partial charge in [-0.25, -0.2) is 0 Å². The number of fused-ring (bicyclic) bond motifs is 1. The summed E-state index contributed by atoms with van der Waals surface area (Å²) < 4.78 is 11.0. The standard InChI is InChI=1S/C21H26N2O4/c24-19(23-16-1-2-17-18(8-16)27-4-3-26-17)12-22-20(25)21-9-13-5-14(10-21)7-15(6-13)11-21/h1-2,8,13-15H,3-7,9-12H2,(H,22,25)(H,23,24). The van der Waals surface area contributed by atoms with Gasteiger partial charge in [-0.05, 0) is 68.4 Å². The van der Waals surface area contributed by atoms with Crippen LogP contribution in [0.5, 0.6) is 11.5 Å². The fourth-order valence-corrected chi connectivity index (χ4v) is 6.06. The van der Waals surface area contributed by atoms with Gasteiger partial charge in [0.1, 0.15) is 13.2 Å². The highest BCUT2D eigenvalue weighted by Gasteiger charge is 2.54. The Balaban J connectivity index is 1.18. The molecule has 1 aliphatic heterocycles. The van der Waals surface area contributed by atoms with Crippen LogP contribution in [0.15, 0.2) is 18.2 Å². The van der Waals surface area contributed by atoms with Crippen molar-refractivity contribution in [1.29, 1.82) is 0 Å². The minimum absolute atomic E-state index is 0.00895. The Morgan fingerprint density at radius 1 is 0.963 bits per heavy atom. The predicted octanol–water partition coefficient (Wildman–Crippen LogP) is 2.73. The van der Waals surface area contributed by atoms with Crippen LogP contribution in [-0.4, -0.2) is 31.6 Å². The van der Waals surface area contributed by atoms with Gasteiger partial charge in [-0.15, -0.1) is 0 Å². The third kappa shape index (κ3) is 3.15. The summed E-state index contributed by atoms with van der Waals surface area (Å²) in [4.78, 5) is 25.2. The Kier molecular flexibility index (Phi) is 4.02. The van der Waals surface area contributed by atoms with Crippen molar-refractivity contribution in [1.82, 2.24) is 5.32 Å². The maximum Gasteiger partial charge on any atom is 0.243 e. The number of rotatable bonds is 4. The minimum Gasteiger partial charge on any atom is -0.486 e. The quantitative estimate of drug-likeness (QED) is 0.854. The average Bonchev–Trinajstić information content (AvgIpc) is 2.65. The molecule has 0 atom stereocenters. The molecule has 4 aliphatic carbocycles. The molecule has 0 radical (unpaired) electrons. The number of amides is 2. The highest BCUT2D eigenvalue weighted by molar-refractivity contribution is 5.95. The first-order valence-electron chi connectivity index (χ1n) is 10.1. The van der Waals surface area contributed by atoms with Gasteiger partial charge >= 0.3 is 0 Å². The Bertz CT molecular complexity index is 740. The molecule has 1 aromatic carbocycles. The van der Waals surface area contributed by atoms with E-state index >= 15 is 0 Å². The molecule has 1 aromatic rings. The van der Waals surface area contributed by atoms with Gasteiger partial charge in [0, 0.05) is 17.2 Å². The topological polar surface area (TPSA) is 76.7 Å². The van der Waals surface area contributed by atoms with Gasteiger partial charge in [0.25, 0.3) is 0 Å². The van der Waals surface area contributed by atoms with Crippen LogP contribution in [0.3, 0.4) is 0 Å². The largest absolute Gasteiger partial charge is 0.486 e.